The molecule has 53 valence electrons. The molecule has 0 unspecified atom stereocenters. The molecule has 2 aromatic rings. The van der Waals surface area contributed by atoms with Crippen LogP contribution in [0.2, 0.25) is 5.02 Å². The molecule has 0 spiro atoms. The van der Waals surface area contributed by atoms with Crippen LogP contribution in [0.25, 0.3) is 10.9 Å². The molecule has 0 saturated carbocycles. The maximum atomic E-state index is 5.87. The highest BCUT2D eigenvalue weighted by Gasteiger charge is 1.96. The molecule has 0 N–H and O–H groups in total. The van der Waals surface area contributed by atoms with Crippen LogP contribution in [-0.2, 0) is 0 Å². The largest absolute Gasteiger partial charge is 0.255 e. The molecule has 2 rings (SSSR count). The van der Waals surface area contributed by atoms with Crippen molar-refractivity contribution < 1.29 is 0 Å². The van der Waals surface area contributed by atoms with Crippen LogP contribution in [0.5, 0.6) is 0 Å². The van der Waals surface area contributed by atoms with Crippen molar-refractivity contribution in [3.05, 3.63) is 41.6 Å². The zero-order valence-corrected chi connectivity index (χ0v) is 6.47. The summed E-state index contributed by atoms with van der Waals surface area (Å²) in [5.74, 6) is 0. The van der Waals surface area contributed by atoms with E-state index in [1.54, 1.807) is 12.3 Å². The number of hydrogen-bond donors (Lipinski definition) is 0. The number of nitrogens with zero attached hydrogens (tertiary/aromatic N) is 1. The van der Waals surface area contributed by atoms with Crippen molar-refractivity contribution in [1.29, 1.82) is 0 Å². The van der Waals surface area contributed by atoms with Gasteiger partial charge in [-0.3, -0.25) is 4.98 Å². The Balaban J connectivity index is 2.91. The van der Waals surface area contributed by atoms with Gasteiger partial charge < -0.3 is 0 Å². The Labute approximate surface area is 69.6 Å². The van der Waals surface area contributed by atoms with Crippen molar-refractivity contribution in [2.75, 3.05) is 0 Å². The summed E-state index contributed by atoms with van der Waals surface area (Å²) in [6.07, 6.45) is 1.69. The molecule has 1 nitrogen and oxygen atoms in total. The number of benzene rings is 1. The monoisotopic (exact) mass is 162 g/mol. The second kappa shape index (κ2) is 2.51. The molecule has 0 bridgehead atoms. The normalized spacial score (nSPS) is 10.3. The highest BCUT2D eigenvalue weighted by atomic mass is 35.5. The van der Waals surface area contributed by atoms with E-state index in [1.807, 2.05) is 18.2 Å². The lowest BCUT2D eigenvalue weighted by molar-refractivity contribution is 1.41. The molecule has 1 aromatic carbocycles. The standard InChI is InChI=1S/C9H5ClN/c10-8-5-1-3-7-4-2-6-11-9(7)8/h1-3,5-6H. The Kier molecular flexibility index (Phi) is 1.51. The molecular formula is C9H5ClN. The summed E-state index contributed by atoms with van der Waals surface area (Å²) in [5.41, 5.74) is 0.816. The van der Waals surface area contributed by atoms with Crippen LogP contribution in [0, 0.1) is 6.07 Å². The molecule has 11 heavy (non-hydrogen) atoms. The van der Waals surface area contributed by atoms with Crippen LogP contribution in [0.1, 0.15) is 0 Å². The van der Waals surface area contributed by atoms with Crippen molar-refractivity contribution in [3.8, 4) is 0 Å². The number of hydrogen-bond acceptors (Lipinski definition) is 1. The minimum absolute atomic E-state index is 0.680. The molecule has 1 heterocycles. The molecule has 0 amide bonds. The van der Waals surface area contributed by atoms with Crippen LogP contribution in [0.15, 0.2) is 30.5 Å². The first-order valence-corrected chi connectivity index (χ1v) is 3.66. The van der Waals surface area contributed by atoms with E-state index in [0.717, 1.165) is 10.9 Å². The van der Waals surface area contributed by atoms with Gasteiger partial charge in [0.2, 0.25) is 0 Å². The zero-order valence-electron chi connectivity index (χ0n) is 5.71. The lowest BCUT2D eigenvalue weighted by atomic mass is 10.2. The maximum Gasteiger partial charge on any atom is 0.0894 e. The van der Waals surface area contributed by atoms with Crippen molar-refractivity contribution in [2.45, 2.75) is 0 Å². The Bertz CT molecular complexity index is 379. The third-order valence-corrected chi connectivity index (χ3v) is 1.81. The Morgan fingerprint density at radius 1 is 1.36 bits per heavy atom. The van der Waals surface area contributed by atoms with Crippen LogP contribution in [-0.4, -0.2) is 4.98 Å². The van der Waals surface area contributed by atoms with E-state index in [1.165, 1.54) is 0 Å². The predicted molar refractivity (Wildman–Crippen MR) is 45.6 cm³/mol. The Morgan fingerprint density at radius 2 is 2.27 bits per heavy atom. The quantitative estimate of drug-likeness (QED) is 0.581. The molecule has 0 fully saturated rings. The van der Waals surface area contributed by atoms with Gasteiger partial charge in [0.1, 0.15) is 0 Å². The van der Waals surface area contributed by atoms with Crippen LogP contribution >= 0.6 is 11.6 Å². The van der Waals surface area contributed by atoms with Crippen molar-refractivity contribution in [1.82, 2.24) is 4.98 Å². The van der Waals surface area contributed by atoms with Gasteiger partial charge >= 0.3 is 0 Å². The first-order valence-electron chi connectivity index (χ1n) is 3.29. The first kappa shape index (κ1) is 6.62. The van der Waals surface area contributed by atoms with E-state index in [-0.39, 0.29) is 0 Å². The molecule has 1 radical (unpaired) electrons. The van der Waals surface area contributed by atoms with E-state index in [2.05, 4.69) is 11.1 Å². The molecule has 0 aliphatic heterocycles. The molecular weight excluding hydrogens is 158 g/mol. The van der Waals surface area contributed by atoms with E-state index >= 15 is 0 Å². The summed E-state index contributed by atoms with van der Waals surface area (Å²) >= 11 is 5.87. The minimum Gasteiger partial charge on any atom is -0.255 e. The van der Waals surface area contributed by atoms with Gasteiger partial charge in [-0.25, -0.2) is 0 Å². The van der Waals surface area contributed by atoms with Crippen LogP contribution < -0.4 is 0 Å². The number of rotatable bonds is 0. The van der Waals surface area contributed by atoms with Crippen molar-refractivity contribution in [3.63, 3.8) is 0 Å². The van der Waals surface area contributed by atoms with E-state index in [9.17, 15) is 0 Å². The lowest BCUT2D eigenvalue weighted by Crippen LogP contribution is -1.77. The summed E-state index contributed by atoms with van der Waals surface area (Å²) in [6, 6.07) is 10.5. The van der Waals surface area contributed by atoms with Crippen LogP contribution in [0.4, 0.5) is 0 Å². The van der Waals surface area contributed by atoms with Gasteiger partial charge in [0.15, 0.2) is 0 Å². The highest BCUT2D eigenvalue weighted by molar-refractivity contribution is 6.34. The molecule has 0 atom stereocenters. The topological polar surface area (TPSA) is 12.9 Å². The Morgan fingerprint density at radius 3 is 3.09 bits per heavy atom. The summed E-state index contributed by atoms with van der Waals surface area (Å²) in [4.78, 5) is 4.12. The fourth-order valence-corrected chi connectivity index (χ4v) is 1.23. The molecule has 1 aromatic heterocycles. The van der Waals surface area contributed by atoms with Crippen molar-refractivity contribution in [2.24, 2.45) is 0 Å². The number of aromatic nitrogens is 1. The van der Waals surface area contributed by atoms with Crippen molar-refractivity contribution >= 4 is 22.5 Å². The SMILES string of the molecule is Clc1cccc2[c]ccnc12. The highest BCUT2D eigenvalue weighted by Crippen LogP contribution is 2.19. The fourth-order valence-electron chi connectivity index (χ4n) is 1.00. The Hall–Kier alpha value is -1.08. The second-order valence-corrected chi connectivity index (χ2v) is 2.63. The van der Waals surface area contributed by atoms with E-state index < -0.39 is 0 Å². The van der Waals surface area contributed by atoms with Gasteiger partial charge in [0.05, 0.1) is 10.5 Å². The van der Waals surface area contributed by atoms with Gasteiger partial charge in [-0.05, 0) is 18.2 Å². The summed E-state index contributed by atoms with van der Waals surface area (Å²) in [5, 5.41) is 1.64. The van der Waals surface area contributed by atoms with Crippen LogP contribution in [0.3, 0.4) is 0 Å². The summed E-state index contributed by atoms with van der Waals surface area (Å²) in [6.45, 7) is 0. The fraction of sp³-hybridized carbons (Fsp3) is 0. The number of pyridine rings is 1. The average Bonchev–Trinajstić information content (AvgIpc) is 2.06. The molecule has 2 heteroatoms. The summed E-state index contributed by atoms with van der Waals surface area (Å²) in [7, 11) is 0. The van der Waals surface area contributed by atoms with Gasteiger partial charge in [-0.1, -0.05) is 23.7 Å². The number of halogens is 1. The number of para-hydroxylation sites is 1. The van der Waals surface area contributed by atoms with Gasteiger partial charge in [0.25, 0.3) is 0 Å². The average molecular weight is 163 g/mol. The maximum absolute atomic E-state index is 5.87. The van der Waals surface area contributed by atoms with E-state index in [4.69, 9.17) is 11.6 Å². The van der Waals surface area contributed by atoms with Gasteiger partial charge in [0, 0.05) is 11.6 Å². The summed E-state index contributed by atoms with van der Waals surface area (Å²) < 4.78 is 0. The smallest absolute Gasteiger partial charge is 0.0894 e. The molecule has 0 saturated heterocycles. The third-order valence-electron chi connectivity index (χ3n) is 1.50. The lowest BCUT2D eigenvalue weighted by Gasteiger charge is -1.95. The number of fused-ring (bicyclic) bond motifs is 1. The van der Waals surface area contributed by atoms with Gasteiger partial charge in [-0.15, -0.1) is 0 Å². The van der Waals surface area contributed by atoms with Gasteiger partial charge in [-0.2, -0.15) is 0 Å². The predicted octanol–water partition coefficient (Wildman–Crippen LogP) is 2.69. The molecule has 0 aliphatic carbocycles. The van der Waals surface area contributed by atoms with E-state index in [0.29, 0.717) is 5.02 Å². The third kappa shape index (κ3) is 1.08. The zero-order chi connectivity index (χ0) is 7.68. The minimum atomic E-state index is 0.680. The second-order valence-electron chi connectivity index (χ2n) is 2.23. The first-order chi connectivity index (χ1) is 5.38. The molecule has 0 aliphatic rings.